The molecule has 0 aliphatic heterocycles. The summed E-state index contributed by atoms with van der Waals surface area (Å²) in [5, 5.41) is 12.6. The van der Waals surface area contributed by atoms with Crippen molar-refractivity contribution in [2.45, 2.75) is 38.1 Å². The number of methoxy groups -OCH3 is 1. The second kappa shape index (κ2) is 13.8. The van der Waals surface area contributed by atoms with Gasteiger partial charge in [0.1, 0.15) is 5.75 Å². The quantitative estimate of drug-likeness (QED) is 0.218. The normalized spacial score (nSPS) is 13.9. The van der Waals surface area contributed by atoms with Crippen LogP contribution in [-0.2, 0) is 17.6 Å². The van der Waals surface area contributed by atoms with Crippen molar-refractivity contribution in [3.63, 3.8) is 0 Å². The van der Waals surface area contributed by atoms with Gasteiger partial charge in [0.05, 0.1) is 19.6 Å². The van der Waals surface area contributed by atoms with Crippen molar-refractivity contribution in [1.29, 1.82) is 0 Å². The Morgan fingerprint density at radius 2 is 1.49 bits per heavy atom. The molecule has 0 radical (unpaired) electrons. The third kappa shape index (κ3) is 6.95. The Hall–Kier alpha value is -4.91. The van der Waals surface area contributed by atoms with Gasteiger partial charge >= 0.3 is 5.97 Å². The van der Waals surface area contributed by atoms with E-state index in [1.807, 2.05) is 66.7 Å². The highest BCUT2D eigenvalue weighted by Gasteiger charge is 2.25. The highest BCUT2D eigenvalue weighted by atomic mass is 16.5. The number of nitrogens with zero attached hydrogens (tertiary/aromatic N) is 1. The zero-order chi connectivity index (χ0) is 30.2. The smallest absolute Gasteiger partial charge is 0.305 e. The van der Waals surface area contributed by atoms with E-state index in [1.54, 1.807) is 30.2 Å². The second-order valence-electron chi connectivity index (χ2n) is 10.7. The number of fused-ring (bicyclic) bond motifs is 1. The number of aryl methyl sites for hydroxylation is 1. The van der Waals surface area contributed by atoms with Crippen LogP contribution in [0.5, 0.6) is 5.75 Å². The maximum atomic E-state index is 14.1. The molecular weight excluding hydrogens is 540 g/mol. The molecule has 0 saturated carbocycles. The number of amides is 2. The van der Waals surface area contributed by atoms with Gasteiger partial charge in [-0.2, -0.15) is 0 Å². The molecule has 43 heavy (non-hydrogen) atoms. The maximum Gasteiger partial charge on any atom is 0.305 e. The summed E-state index contributed by atoms with van der Waals surface area (Å²) in [5.41, 5.74) is 5.51. The van der Waals surface area contributed by atoms with Crippen LogP contribution in [0.25, 0.3) is 11.1 Å². The summed E-state index contributed by atoms with van der Waals surface area (Å²) in [6, 6.07) is 30.3. The fraction of sp³-hybridized carbons (Fsp3) is 0.250. The van der Waals surface area contributed by atoms with Gasteiger partial charge in [-0.3, -0.25) is 14.4 Å². The number of hydrogen-bond acceptors (Lipinski definition) is 4. The van der Waals surface area contributed by atoms with Crippen molar-refractivity contribution in [3.8, 4) is 16.9 Å². The molecule has 2 amide bonds. The number of hydrogen-bond donors (Lipinski definition) is 2. The summed E-state index contributed by atoms with van der Waals surface area (Å²) in [5.74, 6) is -0.745. The third-order valence-electron chi connectivity index (χ3n) is 8.02. The summed E-state index contributed by atoms with van der Waals surface area (Å²) < 4.78 is 5.47. The molecule has 0 heterocycles. The number of carbonyl (C=O) groups excluding carboxylic acids is 2. The molecule has 7 nitrogen and oxygen atoms in total. The lowest BCUT2D eigenvalue weighted by Crippen LogP contribution is -2.35. The van der Waals surface area contributed by atoms with Gasteiger partial charge in [-0.1, -0.05) is 78.9 Å². The molecule has 0 saturated heterocycles. The number of nitrogens with one attached hydrogen (secondary N) is 1. The van der Waals surface area contributed by atoms with Crippen LogP contribution in [0.3, 0.4) is 0 Å². The molecule has 0 aromatic heterocycles. The number of carbonyl (C=O) groups is 3. The van der Waals surface area contributed by atoms with Crippen LogP contribution in [0, 0.1) is 0 Å². The van der Waals surface area contributed by atoms with Crippen molar-refractivity contribution in [1.82, 2.24) is 10.2 Å². The highest BCUT2D eigenvalue weighted by molar-refractivity contribution is 6.06. The van der Waals surface area contributed by atoms with E-state index in [0.29, 0.717) is 41.0 Å². The molecule has 2 N–H and O–H groups in total. The third-order valence-corrected chi connectivity index (χ3v) is 8.02. The van der Waals surface area contributed by atoms with Gasteiger partial charge in [-0.15, -0.1) is 0 Å². The fourth-order valence-corrected chi connectivity index (χ4v) is 5.84. The van der Waals surface area contributed by atoms with Crippen molar-refractivity contribution >= 4 is 17.8 Å². The molecule has 1 atom stereocenters. The summed E-state index contributed by atoms with van der Waals surface area (Å²) in [6.45, 7) is 0.366. The largest absolute Gasteiger partial charge is 0.496 e. The molecule has 0 spiro atoms. The van der Waals surface area contributed by atoms with Gasteiger partial charge in [-0.25, -0.2) is 0 Å². The zero-order valence-electron chi connectivity index (χ0n) is 24.3. The maximum absolute atomic E-state index is 14.1. The van der Waals surface area contributed by atoms with Gasteiger partial charge in [-0.05, 0) is 71.7 Å². The zero-order valence-corrected chi connectivity index (χ0v) is 24.3. The lowest BCUT2D eigenvalue weighted by atomic mass is 9.87. The first-order valence-corrected chi connectivity index (χ1v) is 14.7. The van der Waals surface area contributed by atoms with Crippen LogP contribution in [-0.4, -0.2) is 48.0 Å². The van der Waals surface area contributed by atoms with Crippen LogP contribution < -0.4 is 10.1 Å². The lowest BCUT2D eigenvalue weighted by molar-refractivity contribution is -0.137. The molecule has 4 aromatic rings. The standard InChI is InChI=1S/C36H36N2O5/c1-43-33-20-9-3-12-26(33)21-23-38(24-22-34(39)40)36(42)31-18-8-6-16-29(31)28-15-5-7-17-30(28)35(41)37-32-19-10-13-25-11-2-4-14-27(25)32/h2-9,11-12,14-18,20,32H,10,13,19,21-24H2,1H3,(H,37,41)(H,39,40). The number of rotatable bonds is 11. The minimum Gasteiger partial charge on any atom is -0.496 e. The molecule has 0 bridgehead atoms. The number of benzene rings is 4. The number of para-hydroxylation sites is 1. The fourth-order valence-electron chi connectivity index (χ4n) is 5.84. The van der Waals surface area contributed by atoms with E-state index in [0.717, 1.165) is 30.4 Å². The van der Waals surface area contributed by atoms with Crippen LogP contribution in [0.4, 0.5) is 0 Å². The topological polar surface area (TPSA) is 95.9 Å². The summed E-state index contributed by atoms with van der Waals surface area (Å²) in [7, 11) is 1.60. The SMILES string of the molecule is COc1ccccc1CCN(CCC(=O)O)C(=O)c1ccccc1-c1ccccc1C(=O)NC1CCCc2ccccc21. The van der Waals surface area contributed by atoms with Crippen LogP contribution in [0.2, 0.25) is 0 Å². The summed E-state index contributed by atoms with van der Waals surface area (Å²) in [6.07, 6.45) is 3.19. The van der Waals surface area contributed by atoms with Crippen LogP contribution in [0.15, 0.2) is 97.1 Å². The number of ether oxygens (including phenoxy) is 1. The van der Waals surface area contributed by atoms with E-state index < -0.39 is 5.97 Å². The molecule has 4 aromatic carbocycles. The minimum atomic E-state index is -0.977. The Kier molecular flexibility index (Phi) is 9.52. The van der Waals surface area contributed by atoms with E-state index in [2.05, 4.69) is 17.4 Å². The minimum absolute atomic E-state index is 0.0564. The second-order valence-corrected chi connectivity index (χ2v) is 10.7. The van der Waals surface area contributed by atoms with Crippen molar-refractivity contribution in [2.75, 3.05) is 20.2 Å². The Labute approximate surface area is 252 Å². The van der Waals surface area contributed by atoms with Gasteiger partial charge in [0.25, 0.3) is 11.8 Å². The molecule has 1 aliphatic carbocycles. The van der Waals surface area contributed by atoms with Gasteiger partial charge in [0, 0.05) is 24.2 Å². The van der Waals surface area contributed by atoms with Crippen molar-refractivity contribution in [3.05, 3.63) is 125 Å². The molecule has 1 aliphatic rings. The van der Waals surface area contributed by atoms with Crippen molar-refractivity contribution in [2.24, 2.45) is 0 Å². The van der Waals surface area contributed by atoms with Gasteiger partial charge < -0.3 is 20.1 Å². The van der Waals surface area contributed by atoms with E-state index in [-0.39, 0.29) is 30.8 Å². The highest BCUT2D eigenvalue weighted by Crippen LogP contribution is 2.32. The monoisotopic (exact) mass is 576 g/mol. The Morgan fingerprint density at radius 3 is 2.26 bits per heavy atom. The van der Waals surface area contributed by atoms with E-state index in [4.69, 9.17) is 4.74 Å². The van der Waals surface area contributed by atoms with Gasteiger partial charge in [0.15, 0.2) is 0 Å². The predicted octanol–water partition coefficient (Wildman–Crippen LogP) is 6.33. The molecule has 1 unspecified atom stereocenters. The molecule has 0 fully saturated rings. The first-order chi connectivity index (χ1) is 21.0. The molecule has 5 rings (SSSR count). The average Bonchev–Trinajstić information content (AvgIpc) is 3.04. The predicted molar refractivity (Wildman–Crippen MR) is 166 cm³/mol. The first-order valence-electron chi connectivity index (χ1n) is 14.7. The summed E-state index contributed by atoms with van der Waals surface area (Å²) in [4.78, 5) is 40.9. The Bertz CT molecular complexity index is 1610. The molecule has 220 valence electrons. The first kappa shape index (κ1) is 29.6. The van der Waals surface area contributed by atoms with Gasteiger partial charge in [0.2, 0.25) is 0 Å². The van der Waals surface area contributed by atoms with E-state index in [9.17, 15) is 19.5 Å². The van der Waals surface area contributed by atoms with Crippen LogP contribution >= 0.6 is 0 Å². The van der Waals surface area contributed by atoms with Crippen LogP contribution in [0.1, 0.15) is 62.7 Å². The number of carboxylic acids is 1. The van der Waals surface area contributed by atoms with Crippen molar-refractivity contribution < 1.29 is 24.2 Å². The average molecular weight is 577 g/mol. The number of aliphatic carboxylic acids is 1. The Balaban J connectivity index is 1.43. The molecular formula is C36H36N2O5. The summed E-state index contributed by atoms with van der Waals surface area (Å²) >= 11 is 0. The molecule has 7 heteroatoms. The van der Waals surface area contributed by atoms with E-state index >= 15 is 0 Å². The lowest BCUT2D eigenvalue weighted by Gasteiger charge is -2.27. The number of carboxylic acid groups (broad SMARTS) is 1. The Morgan fingerprint density at radius 1 is 0.837 bits per heavy atom. The van der Waals surface area contributed by atoms with E-state index in [1.165, 1.54) is 5.56 Å².